The average molecular weight is 335 g/mol. The van der Waals surface area contributed by atoms with Gasteiger partial charge in [0.1, 0.15) is 0 Å². The monoisotopic (exact) mass is 334 g/mol. The van der Waals surface area contributed by atoms with E-state index in [0.717, 1.165) is 17.9 Å². The molecule has 2 rings (SSSR count). The molecule has 0 fully saturated rings. The van der Waals surface area contributed by atoms with E-state index in [4.69, 9.17) is 11.6 Å². The fraction of sp³-hybridized carbons (Fsp3) is 0.412. The summed E-state index contributed by atoms with van der Waals surface area (Å²) in [4.78, 5) is 14.5. The lowest BCUT2D eigenvalue weighted by Crippen LogP contribution is -2.31. The van der Waals surface area contributed by atoms with Crippen molar-refractivity contribution in [1.29, 1.82) is 0 Å². The lowest BCUT2D eigenvalue weighted by atomic mass is 10.1. The van der Waals surface area contributed by atoms with E-state index >= 15 is 0 Å². The molecule has 2 aromatic rings. The first-order chi connectivity index (χ1) is 10.9. The predicted molar refractivity (Wildman–Crippen MR) is 93.6 cm³/mol. The van der Waals surface area contributed by atoms with Crippen molar-refractivity contribution >= 4 is 17.5 Å². The van der Waals surface area contributed by atoms with Crippen LogP contribution < -0.4 is 5.32 Å². The number of benzene rings is 1. The Bertz CT molecular complexity index is 662. The van der Waals surface area contributed by atoms with E-state index in [0.29, 0.717) is 17.1 Å². The van der Waals surface area contributed by atoms with Crippen molar-refractivity contribution in [2.75, 3.05) is 27.2 Å². The van der Waals surface area contributed by atoms with Crippen LogP contribution >= 0.6 is 11.6 Å². The third-order valence-electron chi connectivity index (χ3n) is 3.51. The Morgan fingerprint density at radius 1 is 1.30 bits per heavy atom. The number of hydrogen-bond donors (Lipinski definition) is 1. The molecule has 0 unspecified atom stereocenters. The topological polar surface area (TPSA) is 50.2 Å². The van der Waals surface area contributed by atoms with Crippen LogP contribution in [-0.4, -0.2) is 47.8 Å². The number of carbonyl (C=O) groups is 1. The molecule has 0 saturated carbocycles. The van der Waals surface area contributed by atoms with E-state index in [1.807, 2.05) is 47.9 Å². The molecular weight excluding hydrogens is 312 g/mol. The van der Waals surface area contributed by atoms with Gasteiger partial charge < -0.3 is 10.2 Å². The van der Waals surface area contributed by atoms with Crippen LogP contribution in [0.4, 0.5) is 0 Å². The number of rotatable bonds is 6. The molecule has 0 radical (unpaired) electrons. The molecular formula is C17H23ClN4O. The number of halogens is 1. The first-order valence-corrected chi connectivity index (χ1v) is 8.04. The molecule has 1 heterocycles. The third kappa shape index (κ3) is 4.33. The number of aromatic nitrogens is 2. The van der Waals surface area contributed by atoms with E-state index < -0.39 is 0 Å². The van der Waals surface area contributed by atoms with Crippen molar-refractivity contribution in [2.45, 2.75) is 19.8 Å². The Hall–Kier alpha value is -1.85. The molecule has 0 atom stereocenters. The number of nitrogens with zero attached hydrogens (tertiary/aromatic N) is 3. The maximum absolute atomic E-state index is 12.4. The number of carbonyl (C=O) groups excluding carboxylic acids is 1. The van der Waals surface area contributed by atoms with Gasteiger partial charge in [0.2, 0.25) is 0 Å². The van der Waals surface area contributed by atoms with Gasteiger partial charge in [-0.1, -0.05) is 25.4 Å². The highest BCUT2D eigenvalue weighted by atomic mass is 35.5. The van der Waals surface area contributed by atoms with Crippen LogP contribution in [0, 0.1) is 0 Å². The second-order valence-electron chi connectivity index (χ2n) is 6.05. The molecule has 1 N–H and O–H groups in total. The Labute approximate surface area is 142 Å². The number of likely N-dealkylation sites (N-methyl/N-ethyl adjacent to an activating group) is 1. The minimum atomic E-state index is -0.0873. The van der Waals surface area contributed by atoms with E-state index in [-0.39, 0.29) is 11.8 Å². The summed E-state index contributed by atoms with van der Waals surface area (Å²) in [5.74, 6) is 0.0820. The normalized spacial score (nSPS) is 11.3. The molecule has 23 heavy (non-hydrogen) atoms. The molecule has 0 aliphatic heterocycles. The van der Waals surface area contributed by atoms with Gasteiger partial charge in [-0.05, 0) is 44.3 Å². The zero-order chi connectivity index (χ0) is 17.0. The molecule has 0 spiro atoms. The summed E-state index contributed by atoms with van der Waals surface area (Å²) in [5, 5.41) is 8.02. The molecule has 6 heteroatoms. The van der Waals surface area contributed by atoms with Gasteiger partial charge in [-0.15, -0.1) is 0 Å². The van der Waals surface area contributed by atoms with Gasteiger partial charge >= 0.3 is 0 Å². The second kappa shape index (κ2) is 7.62. The molecule has 5 nitrogen and oxygen atoms in total. The van der Waals surface area contributed by atoms with E-state index in [2.05, 4.69) is 24.3 Å². The summed E-state index contributed by atoms with van der Waals surface area (Å²) in [5.41, 5.74) is 2.41. The fourth-order valence-corrected chi connectivity index (χ4v) is 2.49. The number of amides is 1. The molecule has 0 saturated heterocycles. The first kappa shape index (κ1) is 17.5. The summed E-state index contributed by atoms with van der Waals surface area (Å²) in [7, 11) is 3.95. The lowest BCUT2D eigenvalue weighted by molar-refractivity contribution is 0.0949. The Morgan fingerprint density at radius 3 is 2.52 bits per heavy atom. The Balaban J connectivity index is 2.28. The van der Waals surface area contributed by atoms with Gasteiger partial charge in [0.25, 0.3) is 5.91 Å². The zero-order valence-electron chi connectivity index (χ0n) is 14.0. The number of nitrogens with one attached hydrogen (secondary N) is 1. The summed E-state index contributed by atoms with van der Waals surface area (Å²) in [6.07, 6.45) is 1.63. The highest BCUT2D eigenvalue weighted by Gasteiger charge is 2.20. The van der Waals surface area contributed by atoms with Gasteiger partial charge in [-0.3, -0.25) is 4.79 Å². The second-order valence-corrected chi connectivity index (χ2v) is 6.48. The van der Waals surface area contributed by atoms with Crippen LogP contribution in [0.15, 0.2) is 30.5 Å². The molecule has 124 valence electrons. The molecule has 1 aromatic carbocycles. The smallest absolute Gasteiger partial charge is 0.254 e. The summed E-state index contributed by atoms with van der Waals surface area (Å²) in [6, 6.07) is 7.43. The van der Waals surface area contributed by atoms with Crippen LogP contribution in [0.2, 0.25) is 5.02 Å². The molecule has 1 aromatic heterocycles. The van der Waals surface area contributed by atoms with E-state index in [1.165, 1.54) is 0 Å². The van der Waals surface area contributed by atoms with Crippen molar-refractivity contribution < 1.29 is 4.79 Å². The quantitative estimate of drug-likeness (QED) is 0.883. The minimum absolute atomic E-state index is 0.0873. The van der Waals surface area contributed by atoms with Gasteiger partial charge in [-0.2, -0.15) is 5.10 Å². The van der Waals surface area contributed by atoms with Gasteiger partial charge in [-0.25, -0.2) is 4.68 Å². The van der Waals surface area contributed by atoms with Crippen molar-refractivity contribution in [3.8, 4) is 5.69 Å². The first-order valence-electron chi connectivity index (χ1n) is 7.67. The van der Waals surface area contributed by atoms with Crippen molar-refractivity contribution in [3.63, 3.8) is 0 Å². The minimum Gasteiger partial charge on any atom is -0.351 e. The van der Waals surface area contributed by atoms with Gasteiger partial charge in [0.05, 0.1) is 23.1 Å². The van der Waals surface area contributed by atoms with Crippen LogP contribution in [0.5, 0.6) is 0 Å². The van der Waals surface area contributed by atoms with Crippen molar-refractivity contribution in [3.05, 3.63) is 46.7 Å². The average Bonchev–Trinajstić information content (AvgIpc) is 2.92. The maximum atomic E-state index is 12.4. The fourth-order valence-electron chi connectivity index (χ4n) is 2.36. The van der Waals surface area contributed by atoms with Crippen LogP contribution in [0.25, 0.3) is 5.69 Å². The van der Waals surface area contributed by atoms with Gasteiger partial charge in [0, 0.05) is 18.1 Å². The molecule has 0 aliphatic carbocycles. The molecule has 1 amide bonds. The predicted octanol–water partition coefficient (Wildman–Crippen LogP) is 2.94. The van der Waals surface area contributed by atoms with Crippen molar-refractivity contribution in [1.82, 2.24) is 20.0 Å². The van der Waals surface area contributed by atoms with Crippen LogP contribution in [0.3, 0.4) is 0 Å². The summed E-state index contributed by atoms with van der Waals surface area (Å²) >= 11 is 5.94. The Kier molecular flexibility index (Phi) is 5.80. The largest absolute Gasteiger partial charge is 0.351 e. The zero-order valence-corrected chi connectivity index (χ0v) is 14.8. The standard InChI is InChI=1S/C17H23ClN4O/c1-12(2)16-15(17(23)19-9-10-21(3)4)11-20-22(16)14-7-5-13(18)6-8-14/h5-8,11-12H,9-10H2,1-4H3,(H,19,23). The SMILES string of the molecule is CC(C)c1c(C(=O)NCCN(C)C)cnn1-c1ccc(Cl)cc1. The van der Waals surface area contributed by atoms with Crippen LogP contribution in [-0.2, 0) is 0 Å². The van der Waals surface area contributed by atoms with E-state index in [9.17, 15) is 4.79 Å². The summed E-state index contributed by atoms with van der Waals surface area (Å²) in [6.45, 7) is 5.52. The number of hydrogen-bond acceptors (Lipinski definition) is 3. The summed E-state index contributed by atoms with van der Waals surface area (Å²) < 4.78 is 1.81. The van der Waals surface area contributed by atoms with Crippen LogP contribution in [0.1, 0.15) is 35.8 Å². The molecule has 0 bridgehead atoms. The highest BCUT2D eigenvalue weighted by Crippen LogP contribution is 2.23. The lowest BCUT2D eigenvalue weighted by Gasteiger charge is -2.14. The maximum Gasteiger partial charge on any atom is 0.254 e. The van der Waals surface area contributed by atoms with Gasteiger partial charge in [0.15, 0.2) is 0 Å². The highest BCUT2D eigenvalue weighted by molar-refractivity contribution is 6.30. The molecule has 0 aliphatic rings. The van der Waals surface area contributed by atoms with E-state index in [1.54, 1.807) is 6.20 Å². The third-order valence-corrected chi connectivity index (χ3v) is 3.77. The Morgan fingerprint density at radius 2 is 1.96 bits per heavy atom. The van der Waals surface area contributed by atoms with Crippen molar-refractivity contribution in [2.24, 2.45) is 0 Å².